The quantitative estimate of drug-likeness (QED) is 0.637. The summed E-state index contributed by atoms with van der Waals surface area (Å²) in [4.78, 5) is 24.3. The van der Waals surface area contributed by atoms with E-state index in [0.29, 0.717) is 13.0 Å². The van der Waals surface area contributed by atoms with Gasteiger partial charge in [0.05, 0.1) is 6.54 Å². The fourth-order valence-electron chi connectivity index (χ4n) is 1.76. The smallest absolute Gasteiger partial charge is 0.320 e. The maximum absolute atomic E-state index is 11.4. The fourth-order valence-corrected chi connectivity index (χ4v) is 1.76. The summed E-state index contributed by atoms with van der Waals surface area (Å²) in [5.41, 5.74) is 0. The lowest BCUT2D eigenvalue weighted by atomic mass is 10.1. The third-order valence-electron chi connectivity index (χ3n) is 2.69. The number of carbonyl (C=O) groups is 2. The maximum Gasteiger partial charge on any atom is 0.320 e. The van der Waals surface area contributed by atoms with E-state index in [9.17, 15) is 14.7 Å². The third kappa shape index (κ3) is 6.26. The summed E-state index contributed by atoms with van der Waals surface area (Å²) in [7, 11) is 1.56. The lowest BCUT2D eigenvalue weighted by molar-refractivity contribution is -0.144. The molecule has 0 aromatic carbocycles. The van der Waals surface area contributed by atoms with Crippen molar-refractivity contribution in [3.8, 4) is 0 Å². The molecule has 17 heavy (non-hydrogen) atoms. The van der Waals surface area contributed by atoms with E-state index >= 15 is 0 Å². The Balaban J connectivity index is 4.57. The number of carbonyl (C=O) groups excluding carboxylic acids is 1. The largest absolute Gasteiger partial charge is 0.480 e. The first-order valence-electron chi connectivity index (χ1n) is 6.24. The molecule has 5 nitrogen and oxygen atoms in total. The first-order chi connectivity index (χ1) is 8.06. The Labute approximate surface area is 103 Å². The molecule has 0 aliphatic rings. The van der Waals surface area contributed by atoms with E-state index in [1.54, 1.807) is 11.9 Å². The summed E-state index contributed by atoms with van der Waals surface area (Å²) >= 11 is 0. The van der Waals surface area contributed by atoms with Crippen LogP contribution in [0.25, 0.3) is 0 Å². The normalized spacial score (nSPS) is 12.5. The highest BCUT2D eigenvalue weighted by atomic mass is 16.4. The van der Waals surface area contributed by atoms with Crippen LogP contribution >= 0.6 is 0 Å². The average Bonchev–Trinajstić information content (AvgIpc) is 2.29. The van der Waals surface area contributed by atoms with Gasteiger partial charge in [-0.15, -0.1) is 0 Å². The molecule has 0 fully saturated rings. The summed E-state index contributed by atoms with van der Waals surface area (Å²) in [6.45, 7) is 4.80. The number of carboxylic acid groups (broad SMARTS) is 1. The first kappa shape index (κ1) is 15.9. The van der Waals surface area contributed by atoms with Gasteiger partial charge in [-0.05, 0) is 19.4 Å². The molecule has 2 N–H and O–H groups in total. The van der Waals surface area contributed by atoms with Gasteiger partial charge in [-0.2, -0.15) is 0 Å². The Hall–Kier alpha value is -1.10. The van der Waals surface area contributed by atoms with Gasteiger partial charge in [0.15, 0.2) is 0 Å². The number of unbranched alkanes of at least 4 members (excludes halogenated alkanes) is 1. The molecule has 5 heteroatoms. The van der Waals surface area contributed by atoms with Crippen LogP contribution in [0.4, 0.5) is 0 Å². The predicted molar refractivity (Wildman–Crippen MR) is 66.9 cm³/mol. The van der Waals surface area contributed by atoms with Crippen molar-refractivity contribution < 1.29 is 14.7 Å². The molecule has 0 saturated carbocycles. The molecule has 0 aromatic rings. The van der Waals surface area contributed by atoms with Crippen molar-refractivity contribution in [2.45, 2.75) is 45.6 Å². The minimum Gasteiger partial charge on any atom is -0.480 e. The molecule has 0 spiro atoms. The van der Waals surface area contributed by atoms with Gasteiger partial charge >= 0.3 is 5.97 Å². The third-order valence-corrected chi connectivity index (χ3v) is 2.69. The molecule has 0 aliphatic carbocycles. The van der Waals surface area contributed by atoms with Crippen LogP contribution in [-0.4, -0.2) is 48.1 Å². The van der Waals surface area contributed by atoms with Crippen LogP contribution < -0.4 is 5.32 Å². The van der Waals surface area contributed by atoms with E-state index in [0.717, 1.165) is 19.3 Å². The van der Waals surface area contributed by atoms with Gasteiger partial charge in [-0.3, -0.25) is 14.5 Å². The standard InChI is InChI=1S/C12H24N2O3/c1-4-6-7-10(12(16)17)14(8-5-2)9-11(15)13-3/h10H,4-9H2,1-3H3,(H,13,15)(H,16,17). The highest BCUT2D eigenvalue weighted by molar-refractivity contribution is 5.79. The summed E-state index contributed by atoms with van der Waals surface area (Å²) in [6.07, 6.45) is 3.27. The number of amides is 1. The highest BCUT2D eigenvalue weighted by Gasteiger charge is 2.25. The van der Waals surface area contributed by atoms with Crippen LogP contribution in [0.5, 0.6) is 0 Å². The fraction of sp³-hybridized carbons (Fsp3) is 0.833. The molecular formula is C12H24N2O3. The van der Waals surface area contributed by atoms with Gasteiger partial charge < -0.3 is 10.4 Å². The molecule has 0 radical (unpaired) electrons. The Bertz CT molecular complexity index is 244. The molecule has 0 rings (SSSR count). The summed E-state index contributed by atoms with van der Waals surface area (Å²) in [5, 5.41) is 11.7. The van der Waals surface area contributed by atoms with Gasteiger partial charge in [0.1, 0.15) is 6.04 Å². The van der Waals surface area contributed by atoms with E-state index in [-0.39, 0.29) is 12.5 Å². The van der Waals surface area contributed by atoms with Crippen molar-refractivity contribution >= 4 is 11.9 Å². The van der Waals surface area contributed by atoms with E-state index < -0.39 is 12.0 Å². The van der Waals surface area contributed by atoms with Crippen molar-refractivity contribution in [1.29, 1.82) is 0 Å². The molecule has 0 saturated heterocycles. The monoisotopic (exact) mass is 244 g/mol. The second kappa shape index (κ2) is 8.98. The van der Waals surface area contributed by atoms with Gasteiger partial charge in [-0.1, -0.05) is 26.7 Å². The van der Waals surface area contributed by atoms with Gasteiger partial charge in [-0.25, -0.2) is 0 Å². The molecule has 1 amide bonds. The van der Waals surface area contributed by atoms with Crippen molar-refractivity contribution in [1.82, 2.24) is 10.2 Å². The Morgan fingerprint density at radius 3 is 2.35 bits per heavy atom. The van der Waals surface area contributed by atoms with Crippen LogP contribution in [0.3, 0.4) is 0 Å². The maximum atomic E-state index is 11.4. The Morgan fingerprint density at radius 2 is 1.94 bits per heavy atom. The van der Waals surface area contributed by atoms with Gasteiger partial charge in [0.2, 0.25) is 5.91 Å². The number of hydrogen-bond donors (Lipinski definition) is 2. The Kier molecular flexibility index (Phi) is 8.40. The molecule has 0 aromatic heterocycles. The van der Waals surface area contributed by atoms with Gasteiger partial charge in [0.25, 0.3) is 0 Å². The summed E-state index contributed by atoms with van der Waals surface area (Å²) in [6, 6.07) is -0.549. The number of carboxylic acids is 1. The van der Waals surface area contributed by atoms with Gasteiger partial charge in [0, 0.05) is 7.05 Å². The number of aliphatic carboxylic acids is 1. The molecule has 1 unspecified atom stereocenters. The van der Waals surface area contributed by atoms with Crippen LogP contribution in [0.15, 0.2) is 0 Å². The SMILES string of the molecule is CCCCC(C(=O)O)N(CCC)CC(=O)NC. The number of nitrogens with one attached hydrogen (secondary N) is 1. The second-order valence-electron chi connectivity index (χ2n) is 4.14. The topological polar surface area (TPSA) is 69.6 Å². The Morgan fingerprint density at radius 1 is 1.29 bits per heavy atom. The molecule has 0 heterocycles. The van der Waals surface area contributed by atoms with Crippen molar-refractivity contribution in [3.63, 3.8) is 0 Å². The minimum absolute atomic E-state index is 0.138. The first-order valence-corrected chi connectivity index (χ1v) is 6.24. The predicted octanol–water partition coefficient (Wildman–Crippen LogP) is 1.09. The highest BCUT2D eigenvalue weighted by Crippen LogP contribution is 2.10. The second-order valence-corrected chi connectivity index (χ2v) is 4.14. The zero-order valence-corrected chi connectivity index (χ0v) is 11.0. The van der Waals surface area contributed by atoms with E-state index in [4.69, 9.17) is 0 Å². The van der Waals surface area contributed by atoms with Crippen molar-refractivity contribution in [2.24, 2.45) is 0 Å². The molecule has 0 bridgehead atoms. The summed E-state index contributed by atoms with van der Waals surface area (Å²) in [5.74, 6) is -0.975. The summed E-state index contributed by atoms with van der Waals surface area (Å²) < 4.78 is 0. The number of likely N-dealkylation sites (N-methyl/N-ethyl adjacent to an activating group) is 1. The van der Waals surface area contributed by atoms with Crippen LogP contribution in [-0.2, 0) is 9.59 Å². The number of hydrogen-bond acceptors (Lipinski definition) is 3. The molecule has 0 aliphatic heterocycles. The number of rotatable bonds is 9. The lowest BCUT2D eigenvalue weighted by Gasteiger charge is -2.27. The van der Waals surface area contributed by atoms with E-state index in [1.807, 2.05) is 13.8 Å². The minimum atomic E-state index is -0.837. The van der Waals surface area contributed by atoms with E-state index in [1.165, 1.54) is 0 Å². The van der Waals surface area contributed by atoms with Crippen molar-refractivity contribution in [3.05, 3.63) is 0 Å². The molecule has 100 valence electrons. The van der Waals surface area contributed by atoms with Crippen LogP contribution in [0.1, 0.15) is 39.5 Å². The van der Waals surface area contributed by atoms with Crippen LogP contribution in [0.2, 0.25) is 0 Å². The zero-order chi connectivity index (χ0) is 13.3. The average molecular weight is 244 g/mol. The molecule has 1 atom stereocenters. The lowest BCUT2D eigenvalue weighted by Crippen LogP contribution is -2.46. The van der Waals surface area contributed by atoms with Crippen molar-refractivity contribution in [2.75, 3.05) is 20.1 Å². The number of nitrogens with zero attached hydrogens (tertiary/aromatic N) is 1. The molecular weight excluding hydrogens is 220 g/mol. The van der Waals surface area contributed by atoms with Crippen LogP contribution in [0, 0.1) is 0 Å². The van der Waals surface area contributed by atoms with E-state index in [2.05, 4.69) is 5.32 Å². The zero-order valence-electron chi connectivity index (χ0n) is 11.0.